The largest absolute Gasteiger partial charge is 0.481 e. The number of carboxylic acids is 1. The lowest BCUT2D eigenvalue weighted by molar-refractivity contribution is -0.137. The Morgan fingerprint density at radius 1 is 1.42 bits per heavy atom. The topological polar surface area (TPSA) is 66.4 Å². The van der Waals surface area contributed by atoms with Crippen LogP contribution in [-0.4, -0.2) is 23.0 Å². The quantitative estimate of drug-likeness (QED) is 0.773. The van der Waals surface area contributed by atoms with Crippen LogP contribution < -0.4 is 5.32 Å². The summed E-state index contributed by atoms with van der Waals surface area (Å²) in [5, 5.41) is 11.3. The fraction of sp³-hybridized carbons (Fsp3) is 0.333. The van der Waals surface area contributed by atoms with Gasteiger partial charge in [0.1, 0.15) is 0 Å². The summed E-state index contributed by atoms with van der Waals surface area (Å²) in [6.07, 6.45) is 3.70. The minimum atomic E-state index is -0.851. The van der Waals surface area contributed by atoms with E-state index in [0.717, 1.165) is 11.1 Å². The lowest BCUT2D eigenvalue weighted by Gasteiger charge is -2.10. The predicted molar refractivity (Wildman–Crippen MR) is 74.7 cm³/mol. The van der Waals surface area contributed by atoms with Gasteiger partial charge in [0.25, 0.3) is 0 Å². The van der Waals surface area contributed by atoms with Crippen LogP contribution in [0.4, 0.5) is 0 Å². The van der Waals surface area contributed by atoms with E-state index in [1.165, 1.54) is 6.08 Å². The maximum absolute atomic E-state index is 11.6. The summed E-state index contributed by atoms with van der Waals surface area (Å²) in [5.74, 6) is -1.06. The molecule has 4 heteroatoms. The van der Waals surface area contributed by atoms with Crippen LogP contribution in [0.3, 0.4) is 0 Å². The smallest absolute Gasteiger partial charge is 0.303 e. The second-order valence-electron chi connectivity index (χ2n) is 4.59. The Morgan fingerprint density at radius 3 is 2.79 bits per heavy atom. The lowest BCUT2D eigenvalue weighted by Crippen LogP contribution is -2.31. The molecule has 1 amide bonds. The number of hydrogen-bond acceptors (Lipinski definition) is 2. The zero-order valence-electron chi connectivity index (χ0n) is 11.2. The second-order valence-corrected chi connectivity index (χ2v) is 4.59. The van der Waals surface area contributed by atoms with Crippen LogP contribution in [0.25, 0.3) is 6.08 Å². The molecule has 19 heavy (non-hydrogen) atoms. The third-order valence-corrected chi connectivity index (χ3v) is 2.65. The van der Waals surface area contributed by atoms with Crippen molar-refractivity contribution >= 4 is 18.0 Å². The number of hydrogen-bond donors (Lipinski definition) is 2. The SMILES string of the molecule is Cc1cccc(C=CC(=O)NC(C)CCC(=O)O)c1. The van der Waals surface area contributed by atoms with Crippen molar-refractivity contribution in [1.82, 2.24) is 5.32 Å². The van der Waals surface area contributed by atoms with Gasteiger partial charge in [0.05, 0.1) is 0 Å². The summed E-state index contributed by atoms with van der Waals surface area (Å²) in [6, 6.07) is 7.68. The molecular weight excluding hydrogens is 242 g/mol. The highest BCUT2D eigenvalue weighted by Crippen LogP contribution is 2.05. The molecule has 1 unspecified atom stereocenters. The molecule has 1 atom stereocenters. The van der Waals surface area contributed by atoms with Crippen LogP contribution in [0.5, 0.6) is 0 Å². The molecule has 0 aromatic heterocycles. The average molecular weight is 261 g/mol. The van der Waals surface area contributed by atoms with Crippen molar-refractivity contribution in [3.8, 4) is 0 Å². The van der Waals surface area contributed by atoms with E-state index in [1.54, 1.807) is 13.0 Å². The molecule has 1 aromatic rings. The Bertz CT molecular complexity index is 480. The van der Waals surface area contributed by atoms with Crippen LogP contribution in [-0.2, 0) is 9.59 Å². The Labute approximate surface area is 113 Å². The number of benzene rings is 1. The molecule has 1 rings (SSSR count). The summed E-state index contributed by atoms with van der Waals surface area (Å²) in [6.45, 7) is 3.78. The van der Waals surface area contributed by atoms with Crippen molar-refractivity contribution in [3.05, 3.63) is 41.5 Å². The van der Waals surface area contributed by atoms with Crippen molar-refractivity contribution in [2.45, 2.75) is 32.7 Å². The van der Waals surface area contributed by atoms with E-state index in [9.17, 15) is 9.59 Å². The van der Waals surface area contributed by atoms with E-state index in [4.69, 9.17) is 5.11 Å². The summed E-state index contributed by atoms with van der Waals surface area (Å²) in [5.41, 5.74) is 2.10. The van der Waals surface area contributed by atoms with Gasteiger partial charge < -0.3 is 10.4 Å². The standard InChI is InChI=1S/C15H19NO3/c1-11-4-3-5-13(10-11)7-8-14(17)16-12(2)6-9-15(18)19/h3-5,7-8,10,12H,6,9H2,1-2H3,(H,16,17)(H,18,19). The molecule has 0 saturated carbocycles. The number of aryl methyl sites for hydroxylation is 1. The summed E-state index contributed by atoms with van der Waals surface area (Å²) in [7, 11) is 0. The fourth-order valence-corrected chi connectivity index (χ4v) is 1.65. The van der Waals surface area contributed by atoms with Crippen molar-refractivity contribution < 1.29 is 14.7 Å². The van der Waals surface area contributed by atoms with Crippen LogP contribution in [0.2, 0.25) is 0 Å². The molecule has 1 aromatic carbocycles. The first-order valence-corrected chi connectivity index (χ1v) is 6.24. The summed E-state index contributed by atoms with van der Waals surface area (Å²) in [4.78, 5) is 22.0. The highest BCUT2D eigenvalue weighted by atomic mass is 16.4. The molecular formula is C15H19NO3. The van der Waals surface area contributed by atoms with Crippen LogP contribution in [0.15, 0.2) is 30.3 Å². The Kier molecular flexibility index (Phi) is 5.79. The van der Waals surface area contributed by atoms with Gasteiger partial charge in [-0.25, -0.2) is 0 Å². The molecule has 0 aliphatic heterocycles. The van der Waals surface area contributed by atoms with Crippen LogP contribution in [0, 0.1) is 6.92 Å². The van der Waals surface area contributed by atoms with Gasteiger partial charge in [-0.1, -0.05) is 29.8 Å². The molecule has 0 bridgehead atoms. The Hall–Kier alpha value is -2.10. The maximum atomic E-state index is 11.6. The molecule has 0 aliphatic carbocycles. The maximum Gasteiger partial charge on any atom is 0.303 e. The fourth-order valence-electron chi connectivity index (χ4n) is 1.65. The molecule has 0 radical (unpaired) electrons. The third-order valence-electron chi connectivity index (χ3n) is 2.65. The zero-order valence-corrected chi connectivity index (χ0v) is 11.2. The second kappa shape index (κ2) is 7.36. The van der Waals surface area contributed by atoms with Gasteiger partial charge in [0, 0.05) is 18.5 Å². The van der Waals surface area contributed by atoms with Gasteiger partial charge in [-0.05, 0) is 31.9 Å². The summed E-state index contributed by atoms with van der Waals surface area (Å²) < 4.78 is 0. The van der Waals surface area contributed by atoms with E-state index in [2.05, 4.69) is 5.32 Å². The van der Waals surface area contributed by atoms with Crippen molar-refractivity contribution in [2.75, 3.05) is 0 Å². The van der Waals surface area contributed by atoms with E-state index in [0.29, 0.717) is 6.42 Å². The van der Waals surface area contributed by atoms with Crippen molar-refractivity contribution in [2.24, 2.45) is 0 Å². The normalized spacial score (nSPS) is 12.3. The number of amides is 1. The Balaban J connectivity index is 2.44. The minimum Gasteiger partial charge on any atom is -0.481 e. The van der Waals surface area contributed by atoms with Gasteiger partial charge in [0.2, 0.25) is 5.91 Å². The third kappa shape index (κ3) is 6.41. The monoisotopic (exact) mass is 261 g/mol. The van der Waals surface area contributed by atoms with E-state index >= 15 is 0 Å². The molecule has 0 fully saturated rings. The van der Waals surface area contributed by atoms with Crippen molar-refractivity contribution in [3.63, 3.8) is 0 Å². The number of nitrogens with one attached hydrogen (secondary N) is 1. The van der Waals surface area contributed by atoms with Gasteiger partial charge in [-0.2, -0.15) is 0 Å². The average Bonchev–Trinajstić information content (AvgIpc) is 2.34. The lowest BCUT2D eigenvalue weighted by atomic mass is 10.1. The zero-order chi connectivity index (χ0) is 14.3. The molecule has 4 nitrogen and oxygen atoms in total. The van der Waals surface area contributed by atoms with E-state index in [1.807, 2.05) is 31.2 Å². The number of aliphatic carboxylic acids is 1. The first-order valence-electron chi connectivity index (χ1n) is 6.24. The molecule has 0 aliphatic rings. The number of carbonyl (C=O) groups is 2. The summed E-state index contributed by atoms with van der Waals surface area (Å²) >= 11 is 0. The van der Waals surface area contributed by atoms with E-state index < -0.39 is 5.97 Å². The minimum absolute atomic E-state index is 0.0586. The number of carbonyl (C=O) groups excluding carboxylic acids is 1. The van der Waals surface area contributed by atoms with Crippen LogP contribution >= 0.6 is 0 Å². The Morgan fingerprint density at radius 2 is 2.16 bits per heavy atom. The molecule has 0 spiro atoms. The highest BCUT2D eigenvalue weighted by molar-refractivity contribution is 5.91. The predicted octanol–water partition coefficient (Wildman–Crippen LogP) is 2.38. The number of rotatable bonds is 6. The molecule has 0 heterocycles. The first kappa shape index (κ1) is 15.0. The number of carboxylic acid groups (broad SMARTS) is 1. The van der Waals surface area contributed by atoms with Gasteiger partial charge >= 0.3 is 5.97 Å². The molecule has 102 valence electrons. The molecule has 2 N–H and O–H groups in total. The molecule has 0 saturated heterocycles. The highest BCUT2D eigenvalue weighted by Gasteiger charge is 2.06. The van der Waals surface area contributed by atoms with Crippen molar-refractivity contribution in [1.29, 1.82) is 0 Å². The first-order chi connectivity index (χ1) is 8.97. The van der Waals surface area contributed by atoms with Gasteiger partial charge in [-0.3, -0.25) is 9.59 Å². The van der Waals surface area contributed by atoms with Crippen LogP contribution in [0.1, 0.15) is 30.9 Å². The van der Waals surface area contributed by atoms with E-state index in [-0.39, 0.29) is 18.4 Å². The van der Waals surface area contributed by atoms with Gasteiger partial charge in [0.15, 0.2) is 0 Å². The van der Waals surface area contributed by atoms with Gasteiger partial charge in [-0.15, -0.1) is 0 Å².